The Labute approximate surface area is 286 Å². The molecule has 10 rings (SSSR count). The molecule has 0 radical (unpaired) electrons. The Morgan fingerprint density at radius 2 is 0.938 bits per heavy atom. The summed E-state index contributed by atoms with van der Waals surface area (Å²) in [6.45, 7) is 1.77. The van der Waals surface area contributed by atoms with Gasteiger partial charge >= 0.3 is 0 Å². The van der Waals surface area contributed by atoms with Gasteiger partial charge in [0.05, 0.1) is 5.56 Å². The van der Waals surface area contributed by atoms with Crippen LogP contribution in [0.4, 0.5) is 5.69 Å². The first-order chi connectivity index (χ1) is 23.4. The van der Waals surface area contributed by atoms with Crippen LogP contribution in [0, 0.1) is 0 Å². The molecule has 3 fully saturated rings. The third-order valence-corrected chi connectivity index (χ3v) is 12.8. The number of carbonyl (C=O) groups excluding carboxylic acids is 4. The molecular weight excluding hydrogens is 666 g/mol. The van der Waals surface area contributed by atoms with E-state index in [9.17, 15) is 19.2 Å². The van der Waals surface area contributed by atoms with Gasteiger partial charge in [0.25, 0.3) is 23.6 Å². The van der Waals surface area contributed by atoms with Gasteiger partial charge < -0.3 is 4.90 Å². The number of amides is 4. The molecule has 5 aliphatic rings. The minimum absolute atomic E-state index is 0.0706. The van der Waals surface area contributed by atoms with Crippen LogP contribution in [0.5, 0.6) is 0 Å². The van der Waals surface area contributed by atoms with Crippen LogP contribution in [0.3, 0.4) is 0 Å². The monoisotopic (exact) mass is 701 g/mol. The van der Waals surface area contributed by atoms with Gasteiger partial charge in [0.2, 0.25) is 0 Å². The van der Waals surface area contributed by atoms with Gasteiger partial charge in [-0.2, -0.15) is 0 Å². The second-order valence-corrected chi connectivity index (χ2v) is 15.5. The fourth-order valence-corrected chi connectivity index (χ4v) is 10.6. The Morgan fingerprint density at radius 1 is 0.479 bits per heavy atom. The van der Waals surface area contributed by atoms with Gasteiger partial charge in [-0.1, -0.05) is 66.6 Å². The van der Waals surface area contributed by atoms with Crippen molar-refractivity contribution in [3.05, 3.63) is 63.1 Å². The second kappa shape index (κ2) is 10.5. The Bertz CT molecular complexity index is 2280. The van der Waals surface area contributed by atoms with Gasteiger partial charge in [-0.05, 0) is 73.6 Å². The fourth-order valence-electron chi connectivity index (χ4n) is 9.98. The lowest BCUT2D eigenvalue weighted by Gasteiger charge is -2.37. The molecule has 0 bridgehead atoms. The van der Waals surface area contributed by atoms with E-state index in [2.05, 4.69) is 33.0 Å². The van der Waals surface area contributed by atoms with Crippen molar-refractivity contribution < 1.29 is 19.2 Å². The molecule has 3 heterocycles. The quantitative estimate of drug-likeness (QED) is 0.107. The van der Waals surface area contributed by atoms with Crippen LogP contribution < -0.4 is 4.90 Å². The summed E-state index contributed by atoms with van der Waals surface area (Å²) >= 11 is 3.89. The maximum absolute atomic E-state index is 14.5. The zero-order valence-corrected chi connectivity index (χ0v) is 28.5. The van der Waals surface area contributed by atoms with Gasteiger partial charge in [-0.25, -0.2) is 0 Å². The summed E-state index contributed by atoms with van der Waals surface area (Å²) in [6, 6.07) is 11.7. The number of hydrogen-bond donors (Lipinski definition) is 0. The maximum atomic E-state index is 14.5. The smallest absolute Gasteiger partial charge is 0.261 e. The van der Waals surface area contributed by atoms with E-state index in [4.69, 9.17) is 0 Å². The van der Waals surface area contributed by atoms with Crippen molar-refractivity contribution >= 4 is 88.3 Å². The molecule has 1 saturated heterocycles. The number of benzene rings is 5. The molecule has 0 aromatic heterocycles. The summed E-state index contributed by atoms with van der Waals surface area (Å²) in [5.41, 5.74) is 3.33. The first-order valence-corrected chi connectivity index (χ1v) is 18.7. The van der Waals surface area contributed by atoms with Crippen molar-refractivity contribution in [1.82, 2.24) is 9.80 Å². The molecule has 8 heteroatoms. The molecule has 5 aromatic carbocycles. The lowest BCUT2D eigenvalue weighted by atomic mass is 9.80. The fraction of sp³-hybridized carbons (Fsp3) is 0.400. The SMILES string of the molecule is O=C1c2ccc3c4c(N5CCCC5)cc5c6c(ccc(c7c(Br)cc(c2c37)C(=O)N1C1CCCCC1)c64)C(=O)N(C1CCCCC1)C5=O. The normalized spacial score (nSPS) is 21.0. The molecule has 7 nitrogen and oxygen atoms in total. The van der Waals surface area contributed by atoms with Crippen LogP contribution in [0.15, 0.2) is 40.9 Å². The molecular formula is C40H36BrN3O4. The highest BCUT2D eigenvalue weighted by Crippen LogP contribution is 2.52. The first-order valence-electron chi connectivity index (χ1n) is 17.9. The van der Waals surface area contributed by atoms with E-state index in [1.165, 1.54) is 4.90 Å². The van der Waals surface area contributed by atoms with E-state index in [-0.39, 0.29) is 35.7 Å². The third-order valence-electron chi connectivity index (χ3n) is 12.2. The zero-order chi connectivity index (χ0) is 32.4. The van der Waals surface area contributed by atoms with Gasteiger partial charge in [0.15, 0.2) is 0 Å². The zero-order valence-electron chi connectivity index (χ0n) is 26.9. The molecule has 48 heavy (non-hydrogen) atoms. The van der Waals surface area contributed by atoms with E-state index in [1.54, 1.807) is 4.90 Å². The Kier molecular flexibility index (Phi) is 6.31. The standard InChI is InChI=1S/C40H36BrN3O4/c41-29-19-27-31-25(37(45)43(39(27)47)21-9-3-1-4-10-21)16-14-24-34-30(42-17-7-8-18-42)20-28-32-26(15-13-23(36(32)34)33(29)35(24)31)38(46)44(40(28)48)22-11-5-2-6-12-22/h13-16,19-22H,1-12,17-18H2. The van der Waals surface area contributed by atoms with E-state index in [0.717, 1.165) is 143 Å². The molecule has 0 atom stereocenters. The minimum atomic E-state index is -0.210. The van der Waals surface area contributed by atoms with Crippen molar-refractivity contribution in [3.8, 4) is 0 Å². The highest BCUT2D eigenvalue weighted by atomic mass is 79.9. The van der Waals surface area contributed by atoms with E-state index in [1.807, 2.05) is 24.3 Å². The van der Waals surface area contributed by atoms with Crippen molar-refractivity contribution in [3.63, 3.8) is 0 Å². The first kappa shape index (κ1) is 28.9. The summed E-state index contributed by atoms with van der Waals surface area (Å²) < 4.78 is 0.779. The van der Waals surface area contributed by atoms with E-state index in [0.29, 0.717) is 22.3 Å². The average molecular weight is 703 g/mol. The largest absolute Gasteiger partial charge is 0.371 e. The molecule has 4 amide bonds. The number of rotatable bonds is 3. The van der Waals surface area contributed by atoms with Gasteiger partial charge in [0, 0.05) is 84.3 Å². The van der Waals surface area contributed by atoms with Crippen LogP contribution in [0.1, 0.15) is 118 Å². The molecule has 0 unspecified atom stereocenters. The maximum Gasteiger partial charge on any atom is 0.261 e. The Hall–Kier alpha value is -4.04. The summed E-state index contributed by atoms with van der Waals surface area (Å²) in [5.74, 6) is -0.787. The summed E-state index contributed by atoms with van der Waals surface area (Å²) in [6.07, 6.45) is 11.9. The van der Waals surface area contributed by atoms with Crippen LogP contribution in [0.25, 0.3) is 43.1 Å². The molecule has 3 aliphatic heterocycles. The molecule has 5 aromatic rings. The summed E-state index contributed by atoms with van der Waals surface area (Å²) in [4.78, 5) is 62.7. The number of anilines is 1. The van der Waals surface area contributed by atoms with Crippen molar-refractivity contribution in [2.75, 3.05) is 18.0 Å². The number of carbonyl (C=O) groups is 4. The lowest BCUT2D eigenvalue weighted by molar-refractivity contribution is 0.0487. The molecule has 2 saturated carbocycles. The molecule has 242 valence electrons. The van der Waals surface area contributed by atoms with Gasteiger partial charge in [-0.15, -0.1) is 0 Å². The number of hydrogen-bond acceptors (Lipinski definition) is 5. The third kappa shape index (κ3) is 3.75. The van der Waals surface area contributed by atoms with Crippen molar-refractivity contribution in [2.45, 2.75) is 89.1 Å². The van der Waals surface area contributed by atoms with Crippen LogP contribution in [-0.4, -0.2) is 58.6 Å². The van der Waals surface area contributed by atoms with Crippen LogP contribution >= 0.6 is 15.9 Å². The van der Waals surface area contributed by atoms with Gasteiger partial charge in [-0.3, -0.25) is 29.0 Å². The van der Waals surface area contributed by atoms with E-state index >= 15 is 0 Å². The highest BCUT2D eigenvalue weighted by molar-refractivity contribution is 9.10. The van der Waals surface area contributed by atoms with Crippen LogP contribution in [0.2, 0.25) is 0 Å². The number of imide groups is 2. The predicted molar refractivity (Wildman–Crippen MR) is 192 cm³/mol. The molecule has 0 N–H and O–H groups in total. The minimum Gasteiger partial charge on any atom is -0.371 e. The van der Waals surface area contributed by atoms with E-state index < -0.39 is 0 Å². The summed E-state index contributed by atoms with van der Waals surface area (Å²) in [5, 5.41) is 7.05. The van der Waals surface area contributed by atoms with Crippen LogP contribution in [-0.2, 0) is 0 Å². The van der Waals surface area contributed by atoms with Crippen molar-refractivity contribution in [2.24, 2.45) is 0 Å². The number of fused-ring (bicyclic) bond motifs is 2. The predicted octanol–water partition coefficient (Wildman–Crippen LogP) is 8.96. The second-order valence-electron chi connectivity index (χ2n) is 14.7. The Balaban J connectivity index is 1.30. The molecule has 0 spiro atoms. The number of nitrogens with zero attached hydrogens (tertiary/aromatic N) is 3. The van der Waals surface area contributed by atoms with Gasteiger partial charge in [0.1, 0.15) is 0 Å². The lowest BCUT2D eigenvalue weighted by Crippen LogP contribution is -2.48. The van der Waals surface area contributed by atoms with Crippen molar-refractivity contribution in [1.29, 1.82) is 0 Å². The topological polar surface area (TPSA) is 78.0 Å². The number of halogens is 1. The summed E-state index contributed by atoms with van der Waals surface area (Å²) in [7, 11) is 0. The Morgan fingerprint density at radius 3 is 1.48 bits per heavy atom. The highest BCUT2D eigenvalue weighted by Gasteiger charge is 2.42. The molecule has 2 aliphatic carbocycles. The average Bonchev–Trinajstić information content (AvgIpc) is 3.65.